The smallest absolute Gasteiger partial charge is 0.225 e. The summed E-state index contributed by atoms with van der Waals surface area (Å²) in [5, 5.41) is 0. The maximum atomic E-state index is 5.31. The Morgan fingerprint density at radius 2 is 1.74 bits per heavy atom. The molecule has 0 saturated heterocycles. The van der Waals surface area contributed by atoms with Crippen LogP contribution in [0.25, 0.3) is 11.3 Å². The van der Waals surface area contributed by atoms with Gasteiger partial charge in [0.05, 0.1) is 25.5 Å². The van der Waals surface area contributed by atoms with E-state index < -0.39 is 0 Å². The van der Waals surface area contributed by atoms with E-state index in [-0.39, 0.29) is 0 Å². The predicted octanol–water partition coefficient (Wildman–Crippen LogP) is 3.28. The zero-order valence-corrected chi connectivity index (χ0v) is 11.7. The molecule has 0 N–H and O–H groups in total. The van der Waals surface area contributed by atoms with Gasteiger partial charge in [0.2, 0.25) is 11.8 Å². The Hall–Kier alpha value is -2.10. The Kier molecular flexibility index (Phi) is 4.00. The van der Waals surface area contributed by atoms with Crippen LogP contribution >= 0.6 is 0 Å². The van der Waals surface area contributed by atoms with Crippen LogP contribution in [0, 0.1) is 0 Å². The maximum absolute atomic E-state index is 5.31. The summed E-state index contributed by atoms with van der Waals surface area (Å²) in [6.07, 6.45) is 0. The van der Waals surface area contributed by atoms with Crippen molar-refractivity contribution >= 4 is 0 Å². The van der Waals surface area contributed by atoms with E-state index in [0.717, 1.165) is 17.0 Å². The third-order valence-corrected chi connectivity index (χ3v) is 2.88. The third-order valence-electron chi connectivity index (χ3n) is 2.88. The SMILES string of the molecule is COc1ccc(-c2cccc(C(C)C)n2)c(OC)n1. The molecule has 0 fully saturated rings. The average molecular weight is 258 g/mol. The standard InChI is InChI=1S/C15H18N2O2/c1-10(2)12-6-5-7-13(16-12)11-8-9-14(18-3)17-15(11)19-4/h5-10H,1-4H3. The Balaban J connectivity index is 2.49. The number of ether oxygens (including phenoxy) is 2. The molecular weight excluding hydrogens is 240 g/mol. The molecule has 0 aromatic carbocycles. The van der Waals surface area contributed by atoms with Crippen LogP contribution in [0.5, 0.6) is 11.8 Å². The number of pyridine rings is 2. The van der Waals surface area contributed by atoms with Crippen LogP contribution in [-0.2, 0) is 0 Å². The highest BCUT2D eigenvalue weighted by atomic mass is 16.5. The fourth-order valence-electron chi connectivity index (χ4n) is 1.81. The second-order valence-electron chi connectivity index (χ2n) is 4.51. The molecule has 0 aliphatic rings. The number of nitrogens with zero attached hydrogens (tertiary/aromatic N) is 2. The van der Waals surface area contributed by atoms with Crippen molar-refractivity contribution in [2.75, 3.05) is 14.2 Å². The van der Waals surface area contributed by atoms with Gasteiger partial charge in [-0.15, -0.1) is 0 Å². The summed E-state index contributed by atoms with van der Waals surface area (Å²) in [5.74, 6) is 1.44. The lowest BCUT2D eigenvalue weighted by Gasteiger charge is -2.10. The van der Waals surface area contributed by atoms with Crippen molar-refractivity contribution in [3.63, 3.8) is 0 Å². The maximum Gasteiger partial charge on any atom is 0.225 e. The topological polar surface area (TPSA) is 44.2 Å². The van der Waals surface area contributed by atoms with Gasteiger partial charge >= 0.3 is 0 Å². The molecule has 0 aliphatic carbocycles. The highest BCUT2D eigenvalue weighted by Crippen LogP contribution is 2.29. The molecule has 0 saturated carbocycles. The van der Waals surface area contributed by atoms with Crippen molar-refractivity contribution in [1.82, 2.24) is 9.97 Å². The van der Waals surface area contributed by atoms with E-state index in [0.29, 0.717) is 17.7 Å². The second kappa shape index (κ2) is 5.69. The van der Waals surface area contributed by atoms with Gasteiger partial charge in [-0.1, -0.05) is 19.9 Å². The first-order chi connectivity index (χ1) is 9.15. The van der Waals surface area contributed by atoms with E-state index in [1.807, 2.05) is 30.3 Å². The summed E-state index contributed by atoms with van der Waals surface area (Å²) in [4.78, 5) is 8.92. The van der Waals surface area contributed by atoms with Gasteiger partial charge in [0.15, 0.2) is 0 Å². The average Bonchev–Trinajstić information content (AvgIpc) is 2.46. The van der Waals surface area contributed by atoms with Gasteiger partial charge in [0.1, 0.15) is 0 Å². The van der Waals surface area contributed by atoms with Crippen molar-refractivity contribution < 1.29 is 9.47 Å². The van der Waals surface area contributed by atoms with E-state index in [2.05, 4.69) is 23.8 Å². The number of aromatic nitrogens is 2. The molecule has 0 bridgehead atoms. The van der Waals surface area contributed by atoms with Gasteiger partial charge in [-0.05, 0) is 24.1 Å². The highest BCUT2D eigenvalue weighted by Gasteiger charge is 2.11. The molecule has 19 heavy (non-hydrogen) atoms. The number of methoxy groups -OCH3 is 2. The molecule has 0 atom stereocenters. The molecule has 4 heteroatoms. The van der Waals surface area contributed by atoms with Crippen LogP contribution in [0.1, 0.15) is 25.5 Å². The van der Waals surface area contributed by atoms with E-state index in [1.54, 1.807) is 14.2 Å². The van der Waals surface area contributed by atoms with Crippen LogP contribution in [0.3, 0.4) is 0 Å². The van der Waals surface area contributed by atoms with Crippen LogP contribution in [0.4, 0.5) is 0 Å². The third kappa shape index (κ3) is 2.84. The molecule has 4 nitrogen and oxygen atoms in total. The lowest BCUT2D eigenvalue weighted by molar-refractivity contribution is 0.366. The molecule has 0 amide bonds. The van der Waals surface area contributed by atoms with Crippen molar-refractivity contribution in [2.24, 2.45) is 0 Å². The lowest BCUT2D eigenvalue weighted by atomic mass is 10.1. The fourth-order valence-corrected chi connectivity index (χ4v) is 1.81. The summed E-state index contributed by atoms with van der Waals surface area (Å²) in [6, 6.07) is 9.70. The normalized spacial score (nSPS) is 10.6. The molecular formula is C15H18N2O2. The van der Waals surface area contributed by atoms with E-state index in [4.69, 9.17) is 9.47 Å². The number of rotatable bonds is 4. The minimum Gasteiger partial charge on any atom is -0.481 e. The summed E-state index contributed by atoms with van der Waals surface area (Å²) in [7, 11) is 3.18. The summed E-state index contributed by atoms with van der Waals surface area (Å²) in [5.41, 5.74) is 2.78. The van der Waals surface area contributed by atoms with Gasteiger partial charge in [-0.3, -0.25) is 4.98 Å². The van der Waals surface area contributed by atoms with Crippen molar-refractivity contribution in [3.05, 3.63) is 36.0 Å². The van der Waals surface area contributed by atoms with Gasteiger partial charge in [-0.25, -0.2) is 0 Å². The number of hydrogen-bond acceptors (Lipinski definition) is 4. The molecule has 0 unspecified atom stereocenters. The quantitative estimate of drug-likeness (QED) is 0.844. The fraction of sp³-hybridized carbons (Fsp3) is 0.333. The molecule has 2 heterocycles. The van der Waals surface area contributed by atoms with E-state index in [1.165, 1.54) is 0 Å². The van der Waals surface area contributed by atoms with Crippen LogP contribution < -0.4 is 9.47 Å². The van der Waals surface area contributed by atoms with Crippen LogP contribution in [-0.4, -0.2) is 24.2 Å². The predicted molar refractivity (Wildman–Crippen MR) is 74.7 cm³/mol. The Labute approximate surface area is 113 Å². The first kappa shape index (κ1) is 13.3. The van der Waals surface area contributed by atoms with Gasteiger partial charge < -0.3 is 9.47 Å². The van der Waals surface area contributed by atoms with Gasteiger partial charge in [0.25, 0.3) is 0 Å². The molecule has 2 aromatic rings. The Morgan fingerprint density at radius 1 is 0.947 bits per heavy atom. The first-order valence-electron chi connectivity index (χ1n) is 6.22. The summed E-state index contributed by atoms with van der Waals surface area (Å²) in [6.45, 7) is 4.24. The minimum atomic E-state index is 0.386. The van der Waals surface area contributed by atoms with Crippen LogP contribution in [0.15, 0.2) is 30.3 Å². The minimum absolute atomic E-state index is 0.386. The summed E-state index contributed by atoms with van der Waals surface area (Å²) < 4.78 is 10.4. The second-order valence-corrected chi connectivity index (χ2v) is 4.51. The molecule has 0 radical (unpaired) electrons. The monoisotopic (exact) mass is 258 g/mol. The van der Waals surface area contributed by atoms with Crippen molar-refractivity contribution in [2.45, 2.75) is 19.8 Å². The molecule has 100 valence electrons. The molecule has 2 rings (SSSR count). The summed E-state index contributed by atoms with van der Waals surface area (Å²) >= 11 is 0. The molecule has 0 aliphatic heterocycles. The highest BCUT2D eigenvalue weighted by molar-refractivity contribution is 5.65. The zero-order chi connectivity index (χ0) is 13.8. The molecule has 0 spiro atoms. The Morgan fingerprint density at radius 3 is 2.37 bits per heavy atom. The lowest BCUT2D eigenvalue weighted by Crippen LogP contribution is -1.98. The number of hydrogen-bond donors (Lipinski definition) is 0. The van der Waals surface area contributed by atoms with Crippen LogP contribution in [0.2, 0.25) is 0 Å². The Bertz CT molecular complexity index is 568. The largest absolute Gasteiger partial charge is 0.481 e. The van der Waals surface area contributed by atoms with E-state index >= 15 is 0 Å². The van der Waals surface area contributed by atoms with Gasteiger partial charge in [0, 0.05) is 11.8 Å². The first-order valence-corrected chi connectivity index (χ1v) is 6.22. The zero-order valence-electron chi connectivity index (χ0n) is 11.7. The molecule has 2 aromatic heterocycles. The van der Waals surface area contributed by atoms with Crippen molar-refractivity contribution in [3.8, 4) is 23.0 Å². The van der Waals surface area contributed by atoms with E-state index in [9.17, 15) is 0 Å². The van der Waals surface area contributed by atoms with Gasteiger partial charge in [-0.2, -0.15) is 4.98 Å². The van der Waals surface area contributed by atoms with Crippen molar-refractivity contribution in [1.29, 1.82) is 0 Å².